The van der Waals surface area contributed by atoms with E-state index in [1.807, 2.05) is 35.2 Å². The number of fused-ring (bicyclic) bond motifs is 1. The van der Waals surface area contributed by atoms with Crippen LogP contribution in [-0.2, 0) is 16.0 Å². The van der Waals surface area contributed by atoms with Crippen LogP contribution in [0.15, 0.2) is 48.5 Å². The lowest BCUT2D eigenvalue weighted by atomic mass is 10.0. The van der Waals surface area contributed by atoms with E-state index in [4.69, 9.17) is 9.47 Å². The molecule has 2 aliphatic heterocycles. The lowest BCUT2D eigenvalue weighted by Crippen LogP contribution is -2.48. The van der Waals surface area contributed by atoms with Crippen molar-refractivity contribution in [2.24, 2.45) is 0 Å². The number of carbonyl (C=O) groups is 3. The number of rotatable bonds is 7. The van der Waals surface area contributed by atoms with Gasteiger partial charge in [-0.25, -0.2) is 4.79 Å². The fourth-order valence-corrected chi connectivity index (χ4v) is 4.09. The first-order valence-electron chi connectivity index (χ1n) is 11.6. The summed E-state index contributed by atoms with van der Waals surface area (Å²) >= 11 is 0. The largest absolute Gasteiger partial charge is 0.486 e. The quantitative estimate of drug-likeness (QED) is 0.578. The molecule has 0 saturated carbocycles. The molecule has 0 aromatic heterocycles. The first kappa shape index (κ1) is 23.6. The van der Waals surface area contributed by atoms with E-state index in [2.05, 4.69) is 16.0 Å². The summed E-state index contributed by atoms with van der Waals surface area (Å²) in [7, 11) is 0. The number of imide groups is 1. The highest BCUT2D eigenvalue weighted by Gasteiger charge is 2.23. The molecule has 2 heterocycles. The number of likely N-dealkylation sites (tertiary alicyclic amines) is 1. The molecule has 180 valence electrons. The van der Waals surface area contributed by atoms with Crippen LogP contribution in [0, 0.1) is 0 Å². The van der Waals surface area contributed by atoms with Crippen LogP contribution in [0.3, 0.4) is 0 Å². The third-order valence-corrected chi connectivity index (χ3v) is 5.86. The van der Waals surface area contributed by atoms with E-state index in [9.17, 15) is 14.4 Å². The first-order valence-corrected chi connectivity index (χ1v) is 11.6. The van der Waals surface area contributed by atoms with E-state index in [0.29, 0.717) is 49.9 Å². The molecule has 0 atom stereocenters. The lowest BCUT2D eigenvalue weighted by Gasteiger charge is -2.31. The van der Waals surface area contributed by atoms with E-state index < -0.39 is 6.03 Å². The van der Waals surface area contributed by atoms with Crippen LogP contribution < -0.4 is 25.4 Å². The van der Waals surface area contributed by atoms with Gasteiger partial charge in [-0.1, -0.05) is 30.3 Å². The average Bonchev–Trinajstić information content (AvgIpc) is 2.84. The Labute approximate surface area is 198 Å². The number of nitrogens with zero attached hydrogens (tertiary/aromatic N) is 1. The number of carbonyl (C=O) groups excluding carboxylic acids is 3. The van der Waals surface area contributed by atoms with Crippen molar-refractivity contribution in [1.82, 2.24) is 15.5 Å². The number of amides is 4. The van der Waals surface area contributed by atoms with Crippen LogP contribution in [0.2, 0.25) is 0 Å². The Hall–Kier alpha value is -3.59. The molecule has 2 aliphatic rings. The van der Waals surface area contributed by atoms with Crippen molar-refractivity contribution in [3.63, 3.8) is 0 Å². The molecule has 0 spiro atoms. The third-order valence-electron chi connectivity index (χ3n) is 5.86. The Bertz CT molecular complexity index is 1010. The fraction of sp³-hybridized carbons (Fsp3) is 0.400. The highest BCUT2D eigenvalue weighted by Crippen LogP contribution is 2.32. The Morgan fingerprint density at radius 2 is 1.65 bits per heavy atom. The van der Waals surface area contributed by atoms with Crippen LogP contribution in [-0.4, -0.2) is 61.6 Å². The predicted molar refractivity (Wildman–Crippen MR) is 127 cm³/mol. The minimum Gasteiger partial charge on any atom is -0.486 e. The maximum absolute atomic E-state index is 12.3. The maximum Gasteiger partial charge on any atom is 0.325 e. The first-order chi connectivity index (χ1) is 16.5. The third kappa shape index (κ3) is 6.95. The zero-order valence-electron chi connectivity index (χ0n) is 19.0. The van der Waals surface area contributed by atoms with Gasteiger partial charge in [0.05, 0.1) is 6.54 Å². The van der Waals surface area contributed by atoms with E-state index in [1.165, 1.54) is 0 Å². The van der Waals surface area contributed by atoms with Gasteiger partial charge in [-0.05, 0) is 37.0 Å². The SMILES string of the molecule is O=C(CN1CCC(NC(=O)CCc2ccccc2)CC1)NC(=O)Nc1ccc2c(c1)OCCO2. The number of piperidine rings is 1. The molecule has 34 heavy (non-hydrogen) atoms. The minimum absolute atomic E-state index is 0.0517. The summed E-state index contributed by atoms with van der Waals surface area (Å²) in [4.78, 5) is 38.7. The van der Waals surface area contributed by atoms with Gasteiger partial charge in [-0.3, -0.25) is 19.8 Å². The zero-order valence-corrected chi connectivity index (χ0v) is 19.0. The molecular weight excluding hydrogens is 436 g/mol. The predicted octanol–water partition coefficient (Wildman–Crippen LogP) is 2.32. The molecule has 0 bridgehead atoms. The van der Waals surface area contributed by atoms with Gasteiger partial charge in [0, 0.05) is 37.3 Å². The summed E-state index contributed by atoms with van der Waals surface area (Å²) in [6.45, 7) is 2.44. The van der Waals surface area contributed by atoms with E-state index in [1.54, 1.807) is 18.2 Å². The van der Waals surface area contributed by atoms with Crippen molar-refractivity contribution in [2.45, 2.75) is 31.7 Å². The molecule has 9 nitrogen and oxygen atoms in total. The molecule has 3 N–H and O–H groups in total. The monoisotopic (exact) mass is 466 g/mol. The van der Waals surface area contributed by atoms with E-state index >= 15 is 0 Å². The second-order valence-corrected chi connectivity index (χ2v) is 8.46. The maximum atomic E-state index is 12.3. The van der Waals surface area contributed by atoms with Gasteiger partial charge in [-0.15, -0.1) is 0 Å². The minimum atomic E-state index is -0.595. The topological polar surface area (TPSA) is 109 Å². The molecule has 9 heteroatoms. The molecule has 1 saturated heterocycles. The van der Waals surface area contributed by atoms with Crippen molar-refractivity contribution in [3.05, 3.63) is 54.1 Å². The second-order valence-electron chi connectivity index (χ2n) is 8.46. The number of hydrogen-bond acceptors (Lipinski definition) is 6. The highest BCUT2D eigenvalue weighted by molar-refractivity contribution is 6.01. The average molecular weight is 467 g/mol. The van der Waals surface area contributed by atoms with E-state index in [-0.39, 0.29) is 24.4 Å². The van der Waals surface area contributed by atoms with Crippen LogP contribution in [0.25, 0.3) is 0 Å². The van der Waals surface area contributed by atoms with Crippen molar-refractivity contribution >= 4 is 23.5 Å². The Morgan fingerprint density at radius 1 is 0.912 bits per heavy atom. The van der Waals surface area contributed by atoms with Gasteiger partial charge in [-0.2, -0.15) is 0 Å². The van der Waals surface area contributed by atoms with Crippen LogP contribution in [0.4, 0.5) is 10.5 Å². The van der Waals surface area contributed by atoms with E-state index in [0.717, 1.165) is 24.8 Å². The van der Waals surface area contributed by atoms with Crippen LogP contribution >= 0.6 is 0 Å². The van der Waals surface area contributed by atoms with Gasteiger partial charge in [0.1, 0.15) is 13.2 Å². The molecule has 4 amide bonds. The van der Waals surface area contributed by atoms with Crippen molar-refractivity contribution in [3.8, 4) is 11.5 Å². The lowest BCUT2D eigenvalue weighted by molar-refractivity contribution is -0.123. The number of urea groups is 1. The summed E-state index contributed by atoms with van der Waals surface area (Å²) < 4.78 is 11.0. The highest BCUT2D eigenvalue weighted by atomic mass is 16.6. The van der Waals surface area contributed by atoms with Gasteiger partial charge in [0.15, 0.2) is 11.5 Å². The number of benzene rings is 2. The van der Waals surface area contributed by atoms with Crippen LogP contribution in [0.5, 0.6) is 11.5 Å². The molecule has 0 unspecified atom stereocenters. The standard InChI is InChI=1S/C25H30N4O5/c30-23(9-6-18-4-2-1-3-5-18)26-19-10-12-29(13-11-19)17-24(31)28-25(32)27-20-7-8-21-22(16-20)34-15-14-33-21/h1-5,7-8,16,19H,6,9-15,17H2,(H,26,30)(H2,27,28,31,32). The summed E-state index contributed by atoms with van der Waals surface area (Å²) in [6, 6.07) is 14.5. The van der Waals surface area contributed by atoms with Gasteiger partial charge in [0.2, 0.25) is 11.8 Å². The van der Waals surface area contributed by atoms with Crippen molar-refractivity contribution in [2.75, 3.05) is 38.2 Å². The summed E-state index contributed by atoms with van der Waals surface area (Å²) in [5, 5.41) is 8.09. The molecule has 1 fully saturated rings. The molecule has 2 aromatic carbocycles. The Balaban J connectivity index is 1.13. The molecule has 2 aromatic rings. The Kier molecular flexibility index (Phi) is 7.98. The number of aryl methyl sites for hydroxylation is 1. The van der Waals surface area contributed by atoms with Gasteiger partial charge in [0.25, 0.3) is 0 Å². The number of nitrogens with one attached hydrogen (secondary N) is 3. The molecular formula is C25H30N4O5. The fourth-order valence-electron chi connectivity index (χ4n) is 4.09. The molecule has 0 aliphatic carbocycles. The summed E-state index contributed by atoms with van der Waals surface area (Å²) in [5.41, 5.74) is 1.66. The Morgan fingerprint density at radius 3 is 2.41 bits per heavy atom. The van der Waals surface area contributed by atoms with Gasteiger partial charge < -0.3 is 20.1 Å². The molecule has 0 radical (unpaired) electrons. The zero-order chi connectivity index (χ0) is 23.8. The van der Waals surface area contributed by atoms with Crippen molar-refractivity contribution in [1.29, 1.82) is 0 Å². The number of ether oxygens (including phenoxy) is 2. The number of anilines is 1. The summed E-state index contributed by atoms with van der Waals surface area (Å²) in [5.74, 6) is 0.866. The summed E-state index contributed by atoms with van der Waals surface area (Å²) in [6.07, 6.45) is 2.73. The van der Waals surface area contributed by atoms with Crippen molar-refractivity contribution < 1.29 is 23.9 Å². The second kappa shape index (κ2) is 11.5. The number of hydrogen-bond donors (Lipinski definition) is 3. The molecule has 4 rings (SSSR count). The smallest absolute Gasteiger partial charge is 0.325 e. The normalized spacial score (nSPS) is 15.9. The van der Waals surface area contributed by atoms with Crippen LogP contribution in [0.1, 0.15) is 24.8 Å². The van der Waals surface area contributed by atoms with Gasteiger partial charge >= 0.3 is 6.03 Å².